The van der Waals surface area contributed by atoms with Gasteiger partial charge in [-0.25, -0.2) is 0 Å². The second kappa shape index (κ2) is 6.22. The summed E-state index contributed by atoms with van der Waals surface area (Å²) < 4.78 is 0. The molecule has 0 unspecified atom stereocenters. The topological polar surface area (TPSA) is 84.5 Å². The Bertz CT molecular complexity index is 1150. The number of hydrogen-bond acceptors (Lipinski definition) is 3. The van der Waals surface area contributed by atoms with E-state index in [1.807, 2.05) is 44.2 Å². The van der Waals surface area contributed by atoms with Gasteiger partial charge in [0.2, 0.25) is 0 Å². The van der Waals surface area contributed by atoms with Crippen LogP contribution in [-0.2, 0) is 4.79 Å². The van der Waals surface area contributed by atoms with E-state index in [0.29, 0.717) is 18.7 Å². The van der Waals surface area contributed by atoms with Crippen molar-refractivity contribution in [2.24, 2.45) is 5.16 Å². The van der Waals surface area contributed by atoms with E-state index >= 15 is 0 Å². The number of likely N-dealkylation sites (N-methyl/N-ethyl adjacent to an activating group) is 1. The van der Waals surface area contributed by atoms with Gasteiger partial charge in [0.1, 0.15) is 0 Å². The number of carbonyl (C=O) groups excluding carboxylic acids is 1. The molecule has 1 amide bonds. The number of hydrogen-bond donors (Lipinski definition) is 3. The predicted molar refractivity (Wildman–Crippen MR) is 104 cm³/mol. The summed E-state index contributed by atoms with van der Waals surface area (Å²) in [5, 5.41) is 15.9. The van der Waals surface area contributed by atoms with Gasteiger partial charge >= 0.3 is 0 Å². The lowest BCUT2D eigenvalue weighted by Crippen LogP contribution is -2.36. The molecule has 2 heterocycles. The summed E-state index contributed by atoms with van der Waals surface area (Å²) in [6.07, 6.45) is 1.73. The highest BCUT2D eigenvalue weighted by Gasteiger charge is 2.23. The van der Waals surface area contributed by atoms with E-state index in [0.717, 1.165) is 32.7 Å². The van der Waals surface area contributed by atoms with Crippen molar-refractivity contribution < 1.29 is 10.0 Å². The zero-order valence-corrected chi connectivity index (χ0v) is 14.7. The van der Waals surface area contributed by atoms with Gasteiger partial charge in [-0.05, 0) is 19.9 Å². The number of para-hydroxylation sites is 1. The van der Waals surface area contributed by atoms with Crippen molar-refractivity contribution in [3.63, 3.8) is 0 Å². The van der Waals surface area contributed by atoms with Crippen LogP contribution in [0.4, 0.5) is 0 Å². The quantitative estimate of drug-likeness (QED) is 0.297. The van der Waals surface area contributed by atoms with Crippen molar-refractivity contribution >= 4 is 44.3 Å². The third-order valence-corrected chi connectivity index (χ3v) is 4.94. The molecular weight excluding hydrogens is 328 g/mol. The molecule has 0 aliphatic heterocycles. The van der Waals surface area contributed by atoms with Gasteiger partial charge in [-0.15, -0.1) is 0 Å². The van der Waals surface area contributed by atoms with Crippen LogP contribution in [0.1, 0.15) is 19.4 Å². The van der Waals surface area contributed by atoms with Crippen molar-refractivity contribution in [2.75, 3.05) is 13.1 Å². The molecule has 2 aromatic carbocycles. The van der Waals surface area contributed by atoms with Crippen LogP contribution in [0.15, 0.2) is 47.8 Å². The Labute approximate surface area is 150 Å². The maximum absolute atomic E-state index is 12.7. The van der Waals surface area contributed by atoms with Crippen LogP contribution >= 0.6 is 0 Å². The van der Waals surface area contributed by atoms with Crippen molar-refractivity contribution in [1.29, 1.82) is 0 Å². The van der Waals surface area contributed by atoms with E-state index in [2.05, 4.69) is 21.2 Å². The van der Waals surface area contributed by atoms with E-state index in [4.69, 9.17) is 0 Å². The van der Waals surface area contributed by atoms with E-state index < -0.39 is 0 Å². The Morgan fingerprint density at radius 2 is 1.77 bits per heavy atom. The minimum atomic E-state index is -0.282. The monoisotopic (exact) mass is 348 g/mol. The third kappa shape index (κ3) is 2.26. The molecule has 132 valence electrons. The molecule has 0 radical (unpaired) electrons. The van der Waals surface area contributed by atoms with Gasteiger partial charge in [0.15, 0.2) is 5.71 Å². The summed E-state index contributed by atoms with van der Waals surface area (Å²) >= 11 is 0. The Hall–Kier alpha value is -3.28. The summed E-state index contributed by atoms with van der Waals surface area (Å²) in [5.41, 5.74) is 3.57. The van der Waals surface area contributed by atoms with Gasteiger partial charge < -0.3 is 20.1 Å². The number of rotatable bonds is 4. The molecule has 0 aliphatic carbocycles. The average Bonchev–Trinajstić information content (AvgIpc) is 3.25. The summed E-state index contributed by atoms with van der Waals surface area (Å²) in [4.78, 5) is 21.0. The molecule has 4 aromatic rings. The highest BCUT2D eigenvalue weighted by Crippen LogP contribution is 2.32. The van der Waals surface area contributed by atoms with E-state index in [1.54, 1.807) is 11.1 Å². The Morgan fingerprint density at radius 3 is 2.50 bits per heavy atom. The van der Waals surface area contributed by atoms with Crippen molar-refractivity contribution in [3.05, 3.63) is 48.2 Å². The van der Waals surface area contributed by atoms with Gasteiger partial charge in [-0.3, -0.25) is 4.79 Å². The smallest absolute Gasteiger partial charge is 0.276 e. The van der Waals surface area contributed by atoms with Gasteiger partial charge in [0, 0.05) is 46.5 Å². The fourth-order valence-electron chi connectivity index (χ4n) is 3.58. The number of nitrogens with one attached hydrogen (secondary N) is 2. The number of benzene rings is 2. The SMILES string of the molecule is CCN(CC)C(=O)/C(=N/O)c1c[nH]c2c1ccc1c3ccccc3[nH]c12. The number of nitrogens with zero attached hydrogens (tertiary/aromatic N) is 2. The zero-order chi connectivity index (χ0) is 18.3. The van der Waals surface area contributed by atoms with Crippen LogP contribution < -0.4 is 0 Å². The number of fused-ring (bicyclic) bond motifs is 5. The van der Waals surface area contributed by atoms with Crippen LogP contribution in [0.3, 0.4) is 0 Å². The zero-order valence-electron chi connectivity index (χ0n) is 14.7. The maximum Gasteiger partial charge on any atom is 0.276 e. The molecule has 0 saturated carbocycles. The predicted octanol–water partition coefficient (Wildman–Crippen LogP) is 3.85. The largest absolute Gasteiger partial charge is 0.410 e. The first-order valence-electron chi connectivity index (χ1n) is 8.71. The third-order valence-electron chi connectivity index (χ3n) is 4.94. The minimum Gasteiger partial charge on any atom is -0.410 e. The molecule has 4 rings (SSSR count). The Morgan fingerprint density at radius 1 is 1.04 bits per heavy atom. The molecule has 26 heavy (non-hydrogen) atoms. The Balaban J connectivity index is 1.92. The van der Waals surface area contributed by atoms with Crippen LogP contribution in [0.25, 0.3) is 32.7 Å². The van der Waals surface area contributed by atoms with Gasteiger partial charge in [-0.1, -0.05) is 35.5 Å². The van der Waals surface area contributed by atoms with E-state index in [1.165, 1.54) is 0 Å². The number of aromatic amines is 2. The molecule has 0 atom stereocenters. The molecule has 6 heteroatoms. The summed E-state index contributed by atoms with van der Waals surface area (Å²) in [6.45, 7) is 4.92. The lowest BCUT2D eigenvalue weighted by molar-refractivity contribution is -0.123. The van der Waals surface area contributed by atoms with Crippen LogP contribution in [-0.4, -0.2) is 44.8 Å². The molecule has 6 nitrogen and oxygen atoms in total. The molecule has 0 aliphatic rings. The van der Waals surface area contributed by atoms with E-state index in [-0.39, 0.29) is 11.6 Å². The normalized spacial score (nSPS) is 12.3. The molecule has 0 spiro atoms. The standard InChI is InChI=1S/C20H20N4O2/c1-3-24(4-2)20(25)19(23-26)15-11-21-17-14(15)10-9-13-12-7-5-6-8-16(12)22-18(13)17/h5-11,21-22,26H,3-4H2,1-2H3/b23-19+. The van der Waals surface area contributed by atoms with Crippen molar-refractivity contribution in [2.45, 2.75) is 13.8 Å². The summed E-state index contributed by atoms with van der Waals surface area (Å²) in [5.74, 6) is -0.282. The number of oxime groups is 1. The van der Waals surface area contributed by atoms with Crippen molar-refractivity contribution in [3.8, 4) is 0 Å². The molecule has 0 fully saturated rings. The molecule has 0 bridgehead atoms. The number of amides is 1. The number of carbonyl (C=O) groups is 1. The van der Waals surface area contributed by atoms with Crippen molar-refractivity contribution in [1.82, 2.24) is 14.9 Å². The van der Waals surface area contributed by atoms with Crippen LogP contribution in [0.5, 0.6) is 0 Å². The van der Waals surface area contributed by atoms with Crippen LogP contribution in [0.2, 0.25) is 0 Å². The van der Waals surface area contributed by atoms with Gasteiger partial charge in [-0.2, -0.15) is 0 Å². The number of H-pyrrole nitrogens is 2. The second-order valence-electron chi connectivity index (χ2n) is 6.21. The fourth-order valence-corrected chi connectivity index (χ4v) is 3.58. The first kappa shape index (κ1) is 16.2. The minimum absolute atomic E-state index is 0.0513. The highest BCUT2D eigenvalue weighted by atomic mass is 16.4. The first-order chi connectivity index (χ1) is 12.7. The summed E-state index contributed by atoms with van der Waals surface area (Å²) in [7, 11) is 0. The maximum atomic E-state index is 12.7. The average molecular weight is 348 g/mol. The lowest BCUT2D eigenvalue weighted by Gasteiger charge is -2.18. The molecule has 3 N–H and O–H groups in total. The molecular formula is C20H20N4O2. The van der Waals surface area contributed by atoms with Gasteiger partial charge in [0.25, 0.3) is 5.91 Å². The van der Waals surface area contributed by atoms with Gasteiger partial charge in [0.05, 0.1) is 11.0 Å². The first-order valence-corrected chi connectivity index (χ1v) is 8.71. The number of aromatic nitrogens is 2. The fraction of sp³-hybridized carbons (Fsp3) is 0.200. The molecule has 0 saturated heterocycles. The molecule has 2 aromatic heterocycles. The van der Waals surface area contributed by atoms with E-state index in [9.17, 15) is 10.0 Å². The highest BCUT2D eigenvalue weighted by molar-refractivity contribution is 6.47. The Kier molecular flexibility index (Phi) is 3.88. The second-order valence-corrected chi connectivity index (χ2v) is 6.21. The van der Waals surface area contributed by atoms with Crippen LogP contribution in [0, 0.1) is 0 Å². The summed E-state index contributed by atoms with van der Waals surface area (Å²) in [6, 6.07) is 12.1. The lowest BCUT2D eigenvalue weighted by atomic mass is 10.1.